The van der Waals surface area contributed by atoms with Crippen molar-refractivity contribution in [2.75, 3.05) is 12.4 Å². The van der Waals surface area contributed by atoms with E-state index in [0.717, 1.165) is 11.1 Å². The number of carbonyl (C=O) groups excluding carboxylic acids is 2. The van der Waals surface area contributed by atoms with Gasteiger partial charge in [-0.25, -0.2) is 4.79 Å². The van der Waals surface area contributed by atoms with E-state index >= 15 is 0 Å². The molecule has 0 aliphatic heterocycles. The van der Waals surface area contributed by atoms with Gasteiger partial charge in [-0.05, 0) is 40.7 Å². The van der Waals surface area contributed by atoms with Gasteiger partial charge in [-0.3, -0.25) is 9.59 Å². The van der Waals surface area contributed by atoms with Crippen molar-refractivity contribution in [3.8, 4) is 5.75 Å². The number of H-pyrrole nitrogens is 1. The molecule has 2 N–H and O–H groups in total. The van der Waals surface area contributed by atoms with E-state index in [1.807, 2.05) is 46.8 Å². The Bertz CT molecular complexity index is 1240. The van der Waals surface area contributed by atoms with E-state index in [0.29, 0.717) is 22.3 Å². The topological polar surface area (TPSA) is 97.5 Å². The number of carbonyl (C=O) groups is 2. The number of benzene rings is 2. The molecule has 0 saturated heterocycles. The quantitative estimate of drug-likeness (QED) is 0.425. The normalized spacial score (nSPS) is 11.5. The van der Waals surface area contributed by atoms with Crippen LogP contribution in [0.2, 0.25) is 0 Å². The molecule has 7 heteroatoms. The minimum atomic E-state index is -0.848. The molecular formula is C25H28N2O5. The summed E-state index contributed by atoms with van der Waals surface area (Å²) in [5.41, 5.74) is 2.07. The zero-order chi connectivity index (χ0) is 23.6. The second-order valence-corrected chi connectivity index (χ2v) is 8.93. The van der Waals surface area contributed by atoms with Crippen molar-refractivity contribution in [2.45, 2.75) is 46.0 Å². The number of nitrogens with one attached hydrogen (secondary N) is 2. The molecule has 0 radical (unpaired) electrons. The van der Waals surface area contributed by atoms with Crippen LogP contribution in [0.1, 0.15) is 62.0 Å². The Labute approximate surface area is 186 Å². The summed E-state index contributed by atoms with van der Waals surface area (Å²) >= 11 is 0. The molecule has 32 heavy (non-hydrogen) atoms. The number of rotatable bonds is 4. The fourth-order valence-electron chi connectivity index (χ4n) is 3.52. The average molecular weight is 437 g/mol. The van der Waals surface area contributed by atoms with Crippen molar-refractivity contribution in [2.24, 2.45) is 0 Å². The van der Waals surface area contributed by atoms with Gasteiger partial charge < -0.3 is 19.8 Å². The SMILES string of the molecule is COC(=O)Oc1cc(NC(=O)c2c[nH]c3ccccc3c2=O)c(C(C)(C)C)cc1C(C)C. The summed E-state index contributed by atoms with van der Waals surface area (Å²) in [6, 6.07) is 10.5. The van der Waals surface area contributed by atoms with Crippen molar-refractivity contribution >= 4 is 28.7 Å². The molecule has 0 atom stereocenters. The first-order valence-electron chi connectivity index (χ1n) is 10.4. The van der Waals surface area contributed by atoms with Gasteiger partial charge in [-0.2, -0.15) is 0 Å². The van der Waals surface area contributed by atoms with Crippen molar-refractivity contribution in [3.05, 3.63) is 69.5 Å². The average Bonchev–Trinajstić information content (AvgIpc) is 2.73. The minimum absolute atomic E-state index is 0.00747. The number of para-hydroxylation sites is 1. The third kappa shape index (κ3) is 4.66. The second kappa shape index (κ2) is 8.86. The summed E-state index contributed by atoms with van der Waals surface area (Å²) in [6.45, 7) is 10.0. The summed E-state index contributed by atoms with van der Waals surface area (Å²) in [4.78, 5) is 40.8. The summed E-state index contributed by atoms with van der Waals surface area (Å²) in [5, 5.41) is 3.28. The zero-order valence-corrected chi connectivity index (χ0v) is 19.2. The fraction of sp³-hybridized carbons (Fsp3) is 0.320. The summed E-state index contributed by atoms with van der Waals surface area (Å²) in [7, 11) is 1.23. The molecule has 3 rings (SSSR count). The summed E-state index contributed by atoms with van der Waals surface area (Å²) in [5.74, 6) is -0.199. The van der Waals surface area contributed by atoms with E-state index in [1.54, 1.807) is 24.3 Å². The number of aromatic amines is 1. The largest absolute Gasteiger partial charge is 0.513 e. The molecule has 1 aromatic heterocycles. The first-order valence-corrected chi connectivity index (χ1v) is 10.4. The Kier molecular flexibility index (Phi) is 6.39. The maximum Gasteiger partial charge on any atom is 0.513 e. The second-order valence-electron chi connectivity index (χ2n) is 8.93. The van der Waals surface area contributed by atoms with Crippen LogP contribution in [0.25, 0.3) is 10.9 Å². The zero-order valence-electron chi connectivity index (χ0n) is 19.2. The van der Waals surface area contributed by atoms with Gasteiger partial charge in [-0.1, -0.05) is 46.8 Å². The fourth-order valence-corrected chi connectivity index (χ4v) is 3.52. The van der Waals surface area contributed by atoms with Gasteiger partial charge in [0.25, 0.3) is 5.91 Å². The minimum Gasteiger partial charge on any atom is -0.437 e. The van der Waals surface area contributed by atoms with E-state index in [2.05, 4.69) is 15.0 Å². The Hall–Kier alpha value is -3.61. The van der Waals surface area contributed by atoms with Gasteiger partial charge in [0.1, 0.15) is 11.3 Å². The Balaban J connectivity index is 2.10. The monoisotopic (exact) mass is 436 g/mol. The predicted octanol–water partition coefficient (Wildman–Crippen LogP) is 5.35. The lowest BCUT2D eigenvalue weighted by molar-refractivity contribution is 0.102. The third-order valence-corrected chi connectivity index (χ3v) is 5.22. The van der Waals surface area contributed by atoms with E-state index in [9.17, 15) is 14.4 Å². The number of anilines is 1. The number of aromatic nitrogens is 1. The molecule has 3 aromatic rings. The number of fused-ring (bicyclic) bond motifs is 1. The van der Waals surface area contributed by atoms with Crippen LogP contribution in [0.4, 0.5) is 10.5 Å². The van der Waals surface area contributed by atoms with Crippen LogP contribution in [0, 0.1) is 0 Å². The maximum atomic E-state index is 13.1. The lowest BCUT2D eigenvalue weighted by atomic mass is 9.83. The number of amides is 1. The highest BCUT2D eigenvalue weighted by Gasteiger charge is 2.25. The molecule has 0 fully saturated rings. The van der Waals surface area contributed by atoms with E-state index in [4.69, 9.17) is 4.74 Å². The molecule has 0 unspecified atom stereocenters. The molecule has 168 valence electrons. The number of methoxy groups -OCH3 is 1. The molecule has 0 bridgehead atoms. The van der Waals surface area contributed by atoms with E-state index in [1.165, 1.54) is 13.3 Å². The Morgan fingerprint density at radius 3 is 2.41 bits per heavy atom. The van der Waals surface area contributed by atoms with E-state index < -0.39 is 12.1 Å². The molecule has 1 heterocycles. The Morgan fingerprint density at radius 1 is 1.09 bits per heavy atom. The highest BCUT2D eigenvalue weighted by atomic mass is 16.7. The van der Waals surface area contributed by atoms with Gasteiger partial charge >= 0.3 is 6.16 Å². The standard InChI is InChI=1S/C25H28N2O5/c1-14(2)16-11-18(25(3,4)5)20(12-21(16)32-24(30)31-6)27-23(29)17-13-26-19-10-8-7-9-15(19)22(17)28/h7-14H,1-6H3,(H,26,28)(H,27,29). The smallest absolute Gasteiger partial charge is 0.437 e. The molecule has 0 aliphatic rings. The van der Waals surface area contributed by atoms with Crippen molar-refractivity contribution < 1.29 is 19.1 Å². The van der Waals surface area contributed by atoms with Crippen LogP contribution in [-0.2, 0) is 10.2 Å². The van der Waals surface area contributed by atoms with Crippen molar-refractivity contribution in [3.63, 3.8) is 0 Å². The number of hydrogen-bond donors (Lipinski definition) is 2. The number of ether oxygens (including phenoxy) is 2. The molecule has 7 nitrogen and oxygen atoms in total. The van der Waals surface area contributed by atoms with E-state index in [-0.39, 0.29) is 22.3 Å². The molecule has 0 aliphatic carbocycles. The van der Waals surface area contributed by atoms with Gasteiger partial charge in [0.2, 0.25) is 5.43 Å². The van der Waals surface area contributed by atoms with Crippen LogP contribution in [0.5, 0.6) is 5.75 Å². The van der Waals surface area contributed by atoms with Crippen molar-refractivity contribution in [1.29, 1.82) is 0 Å². The molecular weight excluding hydrogens is 408 g/mol. The molecule has 0 spiro atoms. The molecule has 1 amide bonds. The summed E-state index contributed by atoms with van der Waals surface area (Å²) in [6.07, 6.45) is 0.559. The van der Waals surface area contributed by atoms with Crippen molar-refractivity contribution in [1.82, 2.24) is 4.98 Å². The lowest BCUT2D eigenvalue weighted by Crippen LogP contribution is -2.24. The molecule has 2 aromatic carbocycles. The Morgan fingerprint density at radius 2 is 1.78 bits per heavy atom. The van der Waals surface area contributed by atoms with Gasteiger partial charge in [-0.15, -0.1) is 0 Å². The molecule has 0 saturated carbocycles. The van der Waals surface area contributed by atoms with Crippen LogP contribution in [-0.4, -0.2) is 24.2 Å². The lowest BCUT2D eigenvalue weighted by Gasteiger charge is -2.26. The number of pyridine rings is 1. The number of hydrogen-bond acceptors (Lipinski definition) is 5. The highest BCUT2D eigenvalue weighted by molar-refractivity contribution is 6.06. The predicted molar refractivity (Wildman–Crippen MR) is 125 cm³/mol. The first-order chi connectivity index (χ1) is 15.0. The van der Waals surface area contributed by atoms with Crippen LogP contribution < -0.4 is 15.5 Å². The summed E-state index contributed by atoms with van der Waals surface area (Å²) < 4.78 is 9.99. The van der Waals surface area contributed by atoms with Gasteiger partial charge in [0.05, 0.1) is 7.11 Å². The first kappa shape index (κ1) is 23.1. The third-order valence-electron chi connectivity index (χ3n) is 5.22. The van der Waals surface area contributed by atoms with Gasteiger partial charge in [0, 0.05) is 28.9 Å². The van der Waals surface area contributed by atoms with Crippen LogP contribution in [0.3, 0.4) is 0 Å². The van der Waals surface area contributed by atoms with Gasteiger partial charge in [0.15, 0.2) is 0 Å². The highest BCUT2D eigenvalue weighted by Crippen LogP contribution is 2.38. The van der Waals surface area contributed by atoms with Crippen LogP contribution in [0.15, 0.2) is 47.4 Å². The maximum absolute atomic E-state index is 13.1. The van der Waals surface area contributed by atoms with Crippen LogP contribution >= 0.6 is 0 Å².